The summed E-state index contributed by atoms with van der Waals surface area (Å²) < 4.78 is 7.83. The molecule has 4 rings (SSSR count). The lowest BCUT2D eigenvalue weighted by Crippen LogP contribution is -2.43. The average molecular weight is 424 g/mol. The Morgan fingerprint density at radius 3 is 2.61 bits per heavy atom. The molecule has 7 nitrogen and oxygen atoms in total. The van der Waals surface area contributed by atoms with Crippen LogP contribution in [-0.4, -0.2) is 46.4 Å². The molecule has 3 amide bonds. The molecule has 0 radical (unpaired) electrons. The van der Waals surface area contributed by atoms with Crippen molar-refractivity contribution < 1.29 is 19.1 Å². The number of aryl methyl sites for hydroxylation is 1. The molecule has 1 N–H and O–H groups in total. The summed E-state index contributed by atoms with van der Waals surface area (Å²) in [6.45, 7) is 6.94. The van der Waals surface area contributed by atoms with E-state index in [1.165, 1.54) is 0 Å². The number of imide groups is 1. The third-order valence-corrected chi connectivity index (χ3v) is 6.56. The number of ether oxygens (including phenoxy) is 1. The Morgan fingerprint density at radius 1 is 1.23 bits per heavy atom. The summed E-state index contributed by atoms with van der Waals surface area (Å²) in [7, 11) is 0. The molecule has 1 unspecified atom stereocenters. The van der Waals surface area contributed by atoms with E-state index in [2.05, 4.69) is 9.88 Å². The quantitative estimate of drug-likeness (QED) is 0.547. The van der Waals surface area contributed by atoms with Crippen LogP contribution >= 0.6 is 0 Å². The predicted octanol–water partition coefficient (Wildman–Crippen LogP) is 3.32. The number of benzene rings is 1. The lowest BCUT2D eigenvalue weighted by molar-refractivity contribution is -0.131. The highest BCUT2D eigenvalue weighted by Gasteiger charge is 2.51. The number of carbonyl (C=O) groups is 3. The summed E-state index contributed by atoms with van der Waals surface area (Å²) >= 11 is 0. The van der Waals surface area contributed by atoms with Gasteiger partial charge in [-0.05, 0) is 44.7 Å². The number of amides is 3. The van der Waals surface area contributed by atoms with E-state index in [9.17, 15) is 14.4 Å². The number of hydrogen-bond donors (Lipinski definition) is 1. The molecule has 2 atom stereocenters. The molecule has 31 heavy (non-hydrogen) atoms. The van der Waals surface area contributed by atoms with Crippen LogP contribution in [0.5, 0.6) is 0 Å². The van der Waals surface area contributed by atoms with Crippen LogP contribution in [0, 0.1) is 13.8 Å². The number of carbonyl (C=O) groups excluding carboxylic acids is 3. The number of nitrogens with zero attached hydrogens (tertiary/aromatic N) is 2. The van der Waals surface area contributed by atoms with Crippen molar-refractivity contribution >= 4 is 17.7 Å². The van der Waals surface area contributed by atoms with Crippen LogP contribution in [0.2, 0.25) is 0 Å². The van der Waals surface area contributed by atoms with E-state index in [-0.39, 0.29) is 24.3 Å². The van der Waals surface area contributed by atoms with Crippen molar-refractivity contribution in [3.05, 3.63) is 58.9 Å². The molecular formula is C24H29N3O4. The summed E-state index contributed by atoms with van der Waals surface area (Å²) in [6.07, 6.45) is 2.64. The second kappa shape index (κ2) is 8.30. The summed E-state index contributed by atoms with van der Waals surface area (Å²) in [5, 5.41) is 2.83. The van der Waals surface area contributed by atoms with Gasteiger partial charge < -0.3 is 14.6 Å². The van der Waals surface area contributed by atoms with Gasteiger partial charge in [0.2, 0.25) is 0 Å². The summed E-state index contributed by atoms with van der Waals surface area (Å²) in [5.74, 6) is -0.622. The highest BCUT2D eigenvalue weighted by molar-refractivity contribution is 6.11. The fourth-order valence-corrected chi connectivity index (χ4v) is 4.72. The molecule has 2 aromatic rings. The molecule has 2 aliphatic heterocycles. The van der Waals surface area contributed by atoms with Crippen molar-refractivity contribution in [3.8, 4) is 0 Å². The first-order valence-corrected chi connectivity index (χ1v) is 10.9. The van der Waals surface area contributed by atoms with Gasteiger partial charge in [0.1, 0.15) is 5.54 Å². The molecular weight excluding hydrogens is 394 g/mol. The van der Waals surface area contributed by atoms with E-state index in [1.54, 1.807) is 0 Å². The van der Waals surface area contributed by atoms with Crippen molar-refractivity contribution in [3.63, 3.8) is 0 Å². The van der Waals surface area contributed by atoms with Crippen molar-refractivity contribution in [2.45, 2.75) is 58.2 Å². The maximum Gasteiger partial charge on any atom is 0.325 e. The van der Waals surface area contributed by atoms with E-state index in [1.807, 2.05) is 57.2 Å². The van der Waals surface area contributed by atoms with Gasteiger partial charge in [0.05, 0.1) is 12.6 Å². The second-order valence-corrected chi connectivity index (χ2v) is 8.40. The standard InChI is InChI=1S/C24H29N3O4/c1-4-24(18-9-6-5-7-10-18)22(29)27(23(30)25-24)15-21(28)20-13-16(2)26(17(20)3)14-19-11-8-12-31-19/h5-7,9-10,13,19H,4,8,11-12,14-15H2,1-3H3,(H,25,30)/t19?,24-/m1/s1. The molecule has 164 valence electrons. The van der Waals surface area contributed by atoms with Gasteiger partial charge in [-0.15, -0.1) is 0 Å². The van der Waals surface area contributed by atoms with E-state index in [0.717, 1.165) is 41.3 Å². The summed E-state index contributed by atoms with van der Waals surface area (Å²) in [6, 6.07) is 10.5. The predicted molar refractivity (Wildman–Crippen MR) is 116 cm³/mol. The van der Waals surface area contributed by atoms with Gasteiger partial charge in [-0.25, -0.2) is 4.79 Å². The molecule has 2 saturated heterocycles. The number of urea groups is 1. The lowest BCUT2D eigenvalue weighted by atomic mass is 9.87. The first kappa shape index (κ1) is 21.3. The Bertz CT molecular complexity index is 1010. The molecule has 1 aromatic carbocycles. The lowest BCUT2D eigenvalue weighted by Gasteiger charge is -2.25. The van der Waals surface area contributed by atoms with Crippen LogP contribution in [0.25, 0.3) is 0 Å². The van der Waals surface area contributed by atoms with Crippen LogP contribution < -0.4 is 5.32 Å². The van der Waals surface area contributed by atoms with Crippen LogP contribution in [0.1, 0.15) is 53.5 Å². The number of nitrogens with one attached hydrogen (secondary N) is 1. The normalized spacial score (nSPS) is 23.5. The number of ketones is 1. The molecule has 0 saturated carbocycles. The van der Waals surface area contributed by atoms with Crippen LogP contribution in [-0.2, 0) is 21.6 Å². The highest BCUT2D eigenvalue weighted by Crippen LogP contribution is 2.32. The summed E-state index contributed by atoms with van der Waals surface area (Å²) in [5.41, 5.74) is 1.95. The smallest absolute Gasteiger partial charge is 0.325 e. The minimum atomic E-state index is -1.13. The van der Waals surface area contributed by atoms with Gasteiger partial charge in [0.25, 0.3) is 5.91 Å². The Morgan fingerprint density at radius 2 is 1.97 bits per heavy atom. The second-order valence-electron chi connectivity index (χ2n) is 8.40. The topological polar surface area (TPSA) is 80.6 Å². The zero-order valence-electron chi connectivity index (χ0n) is 18.3. The van der Waals surface area contributed by atoms with Gasteiger partial charge in [0, 0.05) is 30.1 Å². The number of aromatic nitrogens is 1. The molecule has 0 spiro atoms. The van der Waals surface area contributed by atoms with Gasteiger partial charge in [-0.1, -0.05) is 37.3 Å². The minimum Gasteiger partial charge on any atom is -0.376 e. The largest absolute Gasteiger partial charge is 0.376 e. The first-order chi connectivity index (χ1) is 14.9. The van der Waals surface area contributed by atoms with Crippen LogP contribution in [0.4, 0.5) is 4.79 Å². The first-order valence-electron chi connectivity index (χ1n) is 10.9. The third-order valence-electron chi connectivity index (χ3n) is 6.56. The van der Waals surface area contributed by atoms with Crippen LogP contribution in [0.15, 0.2) is 36.4 Å². The fraction of sp³-hybridized carbons (Fsp3) is 0.458. The van der Waals surface area contributed by atoms with E-state index >= 15 is 0 Å². The number of hydrogen-bond acceptors (Lipinski definition) is 4. The summed E-state index contributed by atoms with van der Waals surface area (Å²) in [4.78, 5) is 40.2. The Kier molecular flexibility index (Phi) is 5.71. The third kappa shape index (κ3) is 3.67. The number of rotatable bonds is 7. The molecule has 7 heteroatoms. The molecule has 2 fully saturated rings. The highest BCUT2D eigenvalue weighted by atomic mass is 16.5. The molecule has 0 bridgehead atoms. The molecule has 2 aliphatic rings. The molecule has 3 heterocycles. The Labute approximate surface area is 182 Å². The SMILES string of the molecule is CC[C@]1(c2ccccc2)NC(=O)N(CC(=O)c2cc(C)n(CC3CCCO3)c2C)C1=O. The van der Waals surface area contributed by atoms with Gasteiger partial charge in [-0.2, -0.15) is 0 Å². The van der Waals surface area contributed by atoms with E-state index in [0.29, 0.717) is 18.5 Å². The van der Waals surface area contributed by atoms with Crippen molar-refractivity contribution in [2.24, 2.45) is 0 Å². The minimum absolute atomic E-state index is 0.162. The van der Waals surface area contributed by atoms with Crippen LogP contribution in [0.3, 0.4) is 0 Å². The Balaban J connectivity index is 1.55. The van der Waals surface area contributed by atoms with E-state index < -0.39 is 11.6 Å². The zero-order valence-corrected chi connectivity index (χ0v) is 18.3. The van der Waals surface area contributed by atoms with Gasteiger partial charge in [0.15, 0.2) is 5.78 Å². The molecule has 1 aromatic heterocycles. The molecule has 0 aliphatic carbocycles. The number of Topliss-reactive ketones (excluding diaryl/α,β-unsaturated/α-hetero) is 1. The van der Waals surface area contributed by atoms with Gasteiger partial charge in [-0.3, -0.25) is 14.5 Å². The monoisotopic (exact) mass is 423 g/mol. The van der Waals surface area contributed by atoms with Gasteiger partial charge >= 0.3 is 6.03 Å². The van der Waals surface area contributed by atoms with Crippen molar-refractivity contribution in [2.75, 3.05) is 13.2 Å². The van der Waals surface area contributed by atoms with E-state index in [4.69, 9.17) is 4.74 Å². The maximum absolute atomic E-state index is 13.3. The average Bonchev–Trinajstić information content (AvgIpc) is 3.45. The van der Waals surface area contributed by atoms with Crippen molar-refractivity contribution in [1.82, 2.24) is 14.8 Å². The maximum atomic E-state index is 13.3. The Hall–Kier alpha value is -2.93. The fourth-order valence-electron chi connectivity index (χ4n) is 4.72. The zero-order chi connectivity index (χ0) is 22.2. The van der Waals surface area contributed by atoms with Crippen molar-refractivity contribution in [1.29, 1.82) is 0 Å².